The van der Waals surface area contributed by atoms with Gasteiger partial charge in [0.2, 0.25) is 10.0 Å². The Balaban J connectivity index is 1.70. The highest BCUT2D eigenvalue weighted by molar-refractivity contribution is 7.91. The Labute approximate surface area is 146 Å². The van der Waals surface area contributed by atoms with Gasteiger partial charge in [-0.25, -0.2) is 13.1 Å². The summed E-state index contributed by atoms with van der Waals surface area (Å²) in [4.78, 5) is 5.03. The zero-order chi connectivity index (χ0) is 17.0. The fraction of sp³-hybridized carbons (Fsp3) is 0.438. The van der Waals surface area contributed by atoms with Crippen molar-refractivity contribution in [3.05, 3.63) is 36.5 Å². The third-order valence-corrected chi connectivity index (χ3v) is 7.12. The molecule has 24 heavy (non-hydrogen) atoms. The van der Waals surface area contributed by atoms with Gasteiger partial charge >= 0.3 is 0 Å². The van der Waals surface area contributed by atoms with Crippen molar-refractivity contribution in [3.63, 3.8) is 0 Å². The first-order valence-corrected chi connectivity index (χ1v) is 10.2. The molecule has 3 rings (SSSR count). The maximum absolute atomic E-state index is 12.5. The quantitative estimate of drug-likeness (QED) is 0.747. The zero-order valence-electron chi connectivity index (χ0n) is 13.2. The summed E-state index contributed by atoms with van der Waals surface area (Å²) in [5.41, 5.74) is -0.241. The average molecular weight is 367 g/mol. The van der Waals surface area contributed by atoms with Crippen molar-refractivity contribution in [3.8, 4) is 10.6 Å². The number of pyridine rings is 1. The van der Waals surface area contributed by atoms with Crippen molar-refractivity contribution in [2.75, 3.05) is 19.6 Å². The highest BCUT2D eigenvalue weighted by atomic mass is 32.2. The zero-order valence-corrected chi connectivity index (χ0v) is 14.9. The molecular weight excluding hydrogens is 346 g/mol. The van der Waals surface area contributed by atoms with Crippen LogP contribution >= 0.6 is 11.3 Å². The average Bonchev–Trinajstić information content (AvgIpc) is 2.99. The smallest absolute Gasteiger partial charge is 0.250 e. The largest absolute Gasteiger partial charge is 0.388 e. The summed E-state index contributed by atoms with van der Waals surface area (Å²) < 4.78 is 27.8. The molecule has 3 heterocycles. The van der Waals surface area contributed by atoms with E-state index in [0.717, 1.165) is 23.5 Å². The Morgan fingerprint density at radius 2 is 2.12 bits per heavy atom. The summed E-state index contributed by atoms with van der Waals surface area (Å²) in [6, 6.07) is 8.86. The van der Waals surface area contributed by atoms with Gasteiger partial charge in [0.25, 0.3) is 0 Å². The number of sulfonamides is 1. The maximum Gasteiger partial charge on any atom is 0.250 e. The van der Waals surface area contributed by atoms with Crippen LogP contribution in [-0.4, -0.2) is 43.7 Å². The van der Waals surface area contributed by atoms with Crippen molar-refractivity contribution >= 4 is 21.4 Å². The highest BCUT2D eigenvalue weighted by Gasteiger charge is 2.30. The van der Waals surface area contributed by atoms with Crippen LogP contribution in [0.3, 0.4) is 0 Å². The molecular formula is C16H21N3O3S2. The molecule has 8 heteroatoms. The Morgan fingerprint density at radius 3 is 2.92 bits per heavy atom. The Hall–Kier alpha value is -1.32. The third kappa shape index (κ3) is 4.20. The van der Waals surface area contributed by atoms with Crippen LogP contribution in [0.2, 0.25) is 0 Å². The molecule has 0 saturated carbocycles. The summed E-state index contributed by atoms with van der Waals surface area (Å²) in [5.74, 6) is 0. The molecule has 6 nitrogen and oxygen atoms in total. The minimum Gasteiger partial charge on any atom is -0.388 e. The molecule has 130 valence electrons. The van der Waals surface area contributed by atoms with Crippen LogP contribution in [0, 0.1) is 0 Å². The Kier molecular flexibility index (Phi) is 5.31. The maximum atomic E-state index is 12.5. The van der Waals surface area contributed by atoms with E-state index in [9.17, 15) is 13.5 Å². The van der Waals surface area contributed by atoms with Gasteiger partial charge in [0.15, 0.2) is 0 Å². The van der Waals surface area contributed by atoms with E-state index in [2.05, 4.69) is 15.0 Å². The van der Waals surface area contributed by atoms with Crippen LogP contribution in [0.4, 0.5) is 0 Å². The van der Waals surface area contributed by atoms with E-state index in [1.165, 1.54) is 11.3 Å². The number of nitrogens with one attached hydrogen (secondary N) is 2. The summed E-state index contributed by atoms with van der Waals surface area (Å²) in [6.45, 7) is 1.59. The monoisotopic (exact) mass is 367 g/mol. The molecule has 2 aromatic rings. The molecule has 0 spiro atoms. The van der Waals surface area contributed by atoms with Gasteiger partial charge in [-0.2, -0.15) is 0 Å². The van der Waals surface area contributed by atoms with Crippen molar-refractivity contribution in [1.29, 1.82) is 0 Å². The van der Waals surface area contributed by atoms with Gasteiger partial charge < -0.3 is 10.4 Å². The molecule has 0 amide bonds. The van der Waals surface area contributed by atoms with Crippen LogP contribution in [0.15, 0.2) is 40.7 Å². The van der Waals surface area contributed by atoms with E-state index in [-0.39, 0.29) is 10.8 Å². The number of hydrogen-bond donors (Lipinski definition) is 3. The lowest BCUT2D eigenvalue weighted by Gasteiger charge is -2.26. The van der Waals surface area contributed by atoms with Crippen molar-refractivity contribution in [1.82, 2.24) is 15.0 Å². The minimum atomic E-state index is -3.64. The first-order chi connectivity index (χ1) is 11.5. The SMILES string of the molecule is O=S(=O)(NC[C@@]1(O)CCCNCC1)c1ccc(-c2ccccn2)s1. The van der Waals surface area contributed by atoms with Crippen molar-refractivity contribution in [2.24, 2.45) is 0 Å². The van der Waals surface area contributed by atoms with Gasteiger partial charge in [0, 0.05) is 12.7 Å². The van der Waals surface area contributed by atoms with Gasteiger partial charge in [-0.15, -0.1) is 11.3 Å². The summed E-state index contributed by atoms with van der Waals surface area (Å²) in [5, 5.41) is 13.8. The normalized spacial score (nSPS) is 22.2. The van der Waals surface area contributed by atoms with Crippen LogP contribution in [0.25, 0.3) is 10.6 Å². The second kappa shape index (κ2) is 7.28. The predicted octanol–water partition coefficient (Wildman–Crippen LogP) is 1.59. The lowest BCUT2D eigenvalue weighted by atomic mass is 9.95. The molecule has 1 fully saturated rings. The van der Waals surface area contributed by atoms with Gasteiger partial charge in [-0.1, -0.05) is 6.07 Å². The first-order valence-electron chi connectivity index (χ1n) is 7.93. The summed E-state index contributed by atoms with van der Waals surface area (Å²) >= 11 is 1.18. The topological polar surface area (TPSA) is 91.3 Å². The number of aliphatic hydroxyl groups is 1. The summed E-state index contributed by atoms with van der Waals surface area (Å²) in [7, 11) is -3.64. The second-order valence-corrected chi connectivity index (χ2v) is 9.06. The number of hydrogen-bond acceptors (Lipinski definition) is 6. The van der Waals surface area contributed by atoms with Crippen LogP contribution in [-0.2, 0) is 10.0 Å². The molecule has 2 aromatic heterocycles. The highest BCUT2D eigenvalue weighted by Crippen LogP contribution is 2.29. The molecule has 0 aromatic carbocycles. The minimum absolute atomic E-state index is 0.0355. The number of thiophene rings is 1. The van der Waals surface area contributed by atoms with E-state index in [1.54, 1.807) is 18.3 Å². The summed E-state index contributed by atoms with van der Waals surface area (Å²) in [6.07, 6.45) is 3.64. The third-order valence-electron chi connectivity index (χ3n) is 4.12. The fourth-order valence-corrected chi connectivity index (χ4v) is 5.15. The van der Waals surface area contributed by atoms with Crippen molar-refractivity contribution < 1.29 is 13.5 Å². The lowest BCUT2D eigenvalue weighted by molar-refractivity contribution is 0.0335. The molecule has 1 aliphatic heterocycles. The molecule has 0 bridgehead atoms. The number of nitrogens with zero attached hydrogens (tertiary/aromatic N) is 1. The van der Waals surface area contributed by atoms with Crippen LogP contribution in [0.5, 0.6) is 0 Å². The molecule has 0 aliphatic carbocycles. The molecule has 3 N–H and O–H groups in total. The van der Waals surface area contributed by atoms with Gasteiger partial charge in [-0.3, -0.25) is 4.98 Å². The van der Waals surface area contributed by atoms with Crippen molar-refractivity contribution in [2.45, 2.75) is 29.1 Å². The fourth-order valence-electron chi connectivity index (χ4n) is 2.70. The van der Waals surface area contributed by atoms with Crippen LogP contribution < -0.4 is 10.0 Å². The van der Waals surface area contributed by atoms with E-state index in [0.29, 0.717) is 19.4 Å². The molecule has 1 saturated heterocycles. The molecule has 0 radical (unpaired) electrons. The van der Waals surface area contributed by atoms with E-state index >= 15 is 0 Å². The Morgan fingerprint density at radius 1 is 1.25 bits per heavy atom. The van der Waals surface area contributed by atoms with Crippen LogP contribution in [0.1, 0.15) is 19.3 Å². The molecule has 1 aliphatic rings. The standard InChI is InChI=1S/C16H21N3O3S2/c20-16(7-3-9-17-11-8-16)12-19-24(21,22)15-6-5-14(23-15)13-4-1-2-10-18-13/h1-2,4-6,10,17,19-20H,3,7-9,11-12H2/t16-/m1/s1. The molecule has 1 atom stereocenters. The number of rotatable bonds is 5. The second-order valence-electron chi connectivity index (χ2n) is 5.99. The van der Waals surface area contributed by atoms with Gasteiger partial charge in [0.05, 0.1) is 16.2 Å². The number of aromatic nitrogens is 1. The lowest BCUT2D eigenvalue weighted by Crippen LogP contribution is -2.43. The first kappa shape index (κ1) is 17.5. The molecule has 0 unspecified atom stereocenters. The van der Waals surface area contributed by atoms with E-state index in [1.807, 2.05) is 18.2 Å². The van der Waals surface area contributed by atoms with Gasteiger partial charge in [0.1, 0.15) is 4.21 Å². The van der Waals surface area contributed by atoms with Gasteiger partial charge in [-0.05, 0) is 56.6 Å². The predicted molar refractivity (Wildman–Crippen MR) is 94.4 cm³/mol. The van der Waals surface area contributed by atoms with E-state index < -0.39 is 15.6 Å². The Bertz CT molecular complexity index is 767. The van der Waals surface area contributed by atoms with E-state index in [4.69, 9.17) is 0 Å².